The first-order chi connectivity index (χ1) is 17.0. The number of benzene rings is 1. The molecule has 0 spiro atoms. The number of fused-ring (bicyclic) bond motifs is 2. The Morgan fingerprint density at radius 1 is 1.19 bits per heavy atom. The zero-order valence-corrected chi connectivity index (χ0v) is 22.6. The quantitative estimate of drug-likeness (QED) is 0.321. The summed E-state index contributed by atoms with van der Waals surface area (Å²) in [6, 6.07) is 8.70. The highest BCUT2D eigenvalue weighted by atomic mass is 35.5. The van der Waals surface area contributed by atoms with Crippen molar-refractivity contribution in [2.24, 2.45) is 0 Å². The molecule has 1 fully saturated rings. The number of H-pyrrole nitrogens is 1. The van der Waals surface area contributed by atoms with Gasteiger partial charge in [0.2, 0.25) is 0 Å². The number of rotatable bonds is 3. The molecule has 7 nitrogen and oxygen atoms in total. The molecule has 0 unspecified atom stereocenters. The third-order valence-electron chi connectivity index (χ3n) is 6.84. The first kappa shape index (κ1) is 24.6. The average Bonchev–Trinajstić information content (AvgIpc) is 3.38. The first-order valence-electron chi connectivity index (χ1n) is 12.7. The summed E-state index contributed by atoms with van der Waals surface area (Å²) in [5, 5.41) is 6.29. The van der Waals surface area contributed by atoms with Crippen LogP contribution in [0.25, 0.3) is 27.8 Å². The standard InChI is InChI=1S/C28H34ClN5O2/c1-16(2)24-21-13-19(18-9-11-33(12-10-18)27(35)36-28(4,5)6)7-8-23(21)31-25(24)20-14-22(29)26-30-17(3)32-34(26)15-20/h7-8,13-16,18,31H,9-12H2,1-6H3. The minimum atomic E-state index is -0.473. The summed E-state index contributed by atoms with van der Waals surface area (Å²) >= 11 is 6.58. The van der Waals surface area contributed by atoms with E-state index >= 15 is 0 Å². The van der Waals surface area contributed by atoms with E-state index in [0.29, 0.717) is 41.4 Å². The Morgan fingerprint density at radius 2 is 1.92 bits per heavy atom. The molecule has 1 aliphatic rings. The number of carbonyl (C=O) groups is 1. The van der Waals surface area contributed by atoms with Crippen molar-refractivity contribution in [3.8, 4) is 11.3 Å². The molecule has 8 heteroatoms. The molecule has 1 saturated heterocycles. The highest BCUT2D eigenvalue weighted by Gasteiger charge is 2.28. The van der Waals surface area contributed by atoms with Crippen molar-refractivity contribution in [3.63, 3.8) is 0 Å². The molecule has 1 aromatic carbocycles. The molecule has 5 rings (SSSR count). The number of hydrogen-bond acceptors (Lipinski definition) is 4. The van der Waals surface area contributed by atoms with Crippen LogP contribution in [0.2, 0.25) is 5.02 Å². The van der Waals surface area contributed by atoms with Gasteiger partial charge in [0.05, 0.1) is 10.7 Å². The first-order valence-corrected chi connectivity index (χ1v) is 13.0. The number of halogens is 1. The Labute approximate surface area is 216 Å². The van der Waals surface area contributed by atoms with Crippen LogP contribution >= 0.6 is 11.6 Å². The lowest BCUT2D eigenvalue weighted by Gasteiger charge is -2.33. The number of amides is 1. The van der Waals surface area contributed by atoms with Gasteiger partial charge in [-0.25, -0.2) is 14.3 Å². The lowest BCUT2D eigenvalue weighted by Crippen LogP contribution is -2.41. The number of nitrogens with zero attached hydrogens (tertiary/aromatic N) is 4. The van der Waals surface area contributed by atoms with E-state index in [1.807, 2.05) is 44.9 Å². The number of ether oxygens (including phenoxy) is 1. The second kappa shape index (κ2) is 9.11. The van der Waals surface area contributed by atoms with E-state index in [4.69, 9.17) is 16.3 Å². The zero-order valence-electron chi connectivity index (χ0n) is 21.9. The number of hydrogen-bond donors (Lipinski definition) is 1. The van der Waals surface area contributed by atoms with E-state index in [1.165, 1.54) is 16.5 Å². The van der Waals surface area contributed by atoms with Crippen molar-refractivity contribution in [2.45, 2.75) is 71.8 Å². The number of aromatic amines is 1. The molecule has 4 heterocycles. The van der Waals surface area contributed by atoms with Crippen molar-refractivity contribution >= 4 is 34.2 Å². The maximum Gasteiger partial charge on any atom is 0.410 e. The summed E-state index contributed by atoms with van der Waals surface area (Å²) in [4.78, 5) is 22.4. The van der Waals surface area contributed by atoms with Crippen molar-refractivity contribution in [1.82, 2.24) is 24.5 Å². The van der Waals surface area contributed by atoms with Gasteiger partial charge in [0, 0.05) is 35.8 Å². The molecule has 4 aromatic rings. The number of piperidine rings is 1. The molecule has 36 heavy (non-hydrogen) atoms. The van der Waals surface area contributed by atoms with Crippen molar-refractivity contribution in [3.05, 3.63) is 52.4 Å². The highest BCUT2D eigenvalue weighted by molar-refractivity contribution is 6.33. The summed E-state index contributed by atoms with van der Waals surface area (Å²) in [5.74, 6) is 1.41. The topological polar surface area (TPSA) is 75.5 Å². The Morgan fingerprint density at radius 3 is 2.58 bits per heavy atom. The van der Waals surface area contributed by atoms with Crippen LogP contribution in [-0.4, -0.2) is 49.3 Å². The Hall–Kier alpha value is -3.06. The van der Waals surface area contributed by atoms with Crippen molar-refractivity contribution in [2.75, 3.05) is 13.1 Å². The Bertz CT molecular complexity index is 1440. The molecule has 1 aliphatic heterocycles. The van der Waals surface area contributed by atoms with E-state index in [0.717, 1.165) is 29.6 Å². The molecule has 3 aromatic heterocycles. The predicted molar refractivity (Wildman–Crippen MR) is 144 cm³/mol. The average molecular weight is 508 g/mol. The van der Waals surface area contributed by atoms with Gasteiger partial charge in [0.25, 0.3) is 0 Å². The van der Waals surface area contributed by atoms with Crippen LogP contribution in [0.1, 0.15) is 76.2 Å². The van der Waals surface area contributed by atoms with Gasteiger partial charge in [-0.2, -0.15) is 5.10 Å². The fourth-order valence-electron chi connectivity index (χ4n) is 5.22. The second-order valence-corrected chi connectivity index (χ2v) is 11.5. The molecule has 0 aliphatic carbocycles. The molecule has 1 N–H and O–H groups in total. The number of likely N-dealkylation sites (tertiary alicyclic amines) is 1. The van der Waals surface area contributed by atoms with Gasteiger partial charge in [0.1, 0.15) is 11.4 Å². The number of aromatic nitrogens is 4. The van der Waals surface area contributed by atoms with Crippen LogP contribution in [0.3, 0.4) is 0 Å². The number of pyridine rings is 1. The van der Waals surface area contributed by atoms with Crippen LogP contribution < -0.4 is 0 Å². The molecular weight excluding hydrogens is 474 g/mol. The molecule has 1 amide bonds. The SMILES string of the molecule is Cc1nc2c(Cl)cc(-c3[nH]c4ccc(C5CCN(C(=O)OC(C)(C)C)CC5)cc4c3C(C)C)cn2n1. The van der Waals surface area contributed by atoms with Crippen LogP contribution in [0.5, 0.6) is 0 Å². The predicted octanol–water partition coefficient (Wildman–Crippen LogP) is 7.08. The Balaban J connectivity index is 1.45. The summed E-state index contributed by atoms with van der Waals surface area (Å²) < 4.78 is 7.32. The van der Waals surface area contributed by atoms with Crippen molar-refractivity contribution in [1.29, 1.82) is 0 Å². The van der Waals surface area contributed by atoms with Crippen molar-refractivity contribution < 1.29 is 9.53 Å². The third-order valence-corrected chi connectivity index (χ3v) is 7.12. The van der Waals surface area contributed by atoms with Gasteiger partial charge in [-0.05, 0) is 81.7 Å². The van der Waals surface area contributed by atoms with Crippen LogP contribution in [0.15, 0.2) is 30.5 Å². The maximum absolute atomic E-state index is 12.5. The monoisotopic (exact) mass is 507 g/mol. The van der Waals surface area contributed by atoms with Crippen LogP contribution in [0, 0.1) is 6.92 Å². The van der Waals surface area contributed by atoms with Crippen LogP contribution in [-0.2, 0) is 4.74 Å². The summed E-state index contributed by atoms with van der Waals surface area (Å²) in [6.45, 7) is 13.4. The minimum Gasteiger partial charge on any atom is -0.444 e. The zero-order chi connectivity index (χ0) is 25.8. The van der Waals surface area contributed by atoms with Gasteiger partial charge < -0.3 is 14.6 Å². The van der Waals surface area contributed by atoms with E-state index in [-0.39, 0.29) is 6.09 Å². The van der Waals surface area contributed by atoms with Gasteiger partial charge in [-0.1, -0.05) is 31.5 Å². The van der Waals surface area contributed by atoms with Gasteiger partial charge in [0.15, 0.2) is 5.65 Å². The van der Waals surface area contributed by atoms with E-state index in [2.05, 4.69) is 47.1 Å². The summed E-state index contributed by atoms with van der Waals surface area (Å²) in [7, 11) is 0. The molecule has 0 saturated carbocycles. The fourth-order valence-corrected chi connectivity index (χ4v) is 5.47. The number of aryl methyl sites for hydroxylation is 1. The molecule has 190 valence electrons. The molecule has 0 bridgehead atoms. The second-order valence-electron chi connectivity index (χ2n) is 11.1. The minimum absolute atomic E-state index is 0.216. The number of nitrogens with one attached hydrogen (secondary N) is 1. The van der Waals surface area contributed by atoms with Gasteiger partial charge in [-0.3, -0.25) is 0 Å². The number of carbonyl (C=O) groups excluding carboxylic acids is 1. The van der Waals surface area contributed by atoms with E-state index < -0.39 is 5.60 Å². The lowest BCUT2D eigenvalue weighted by atomic mass is 9.87. The normalized spacial score (nSPS) is 15.4. The van der Waals surface area contributed by atoms with E-state index in [9.17, 15) is 4.79 Å². The summed E-state index contributed by atoms with van der Waals surface area (Å²) in [5.41, 5.74) is 5.94. The van der Waals surface area contributed by atoms with E-state index in [1.54, 1.807) is 4.52 Å². The highest BCUT2D eigenvalue weighted by Crippen LogP contribution is 2.39. The smallest absolute Gasteiger partial charge is 0.410 e. The van der Waals surface area contributed by atoms with Crippen LogP contribution in [0.4, 0.5) is 4.79 Å². The lowest BCUT2D eigenvalue weighted by molar-refractivity contribution is 0.0205. The molecule has 0 atom stereocenters. The Kier molecular flexibility index (Phi) is 6.23. The van der Waals surface area contributed by atoms with Gasteiger partial charge >= 0.3 is 6.09 Å². The maximum atomic E-state index is 12.5. The fraction of sp³-hybridized carbons (Fsp3) is 0.464. The molecular formula is C28H34ClN5O2. The summed E-state index contributed by atoms with van der Waals surface area (Å²) in [6.07, 6.45) is 3.63. The van der Waals surface area contributed by atoms with Gasteiger partial charge in [-0.15, -0.1) is 0 Å². The molecule has 0 radical (unpaired) electrons. The largest absolute Gasteiger partial charge is 0.444 e. The third kappa shape index (κ3) is 4.69.